The summed E-state index contributed by atoms with van der Waals surface area (Å²) in [7, 11) is 0. The Kier molecular flexibility index (Phi) is 6.06. The van der Waals surface area contributed by atoms with Crippen LogP contribution < -0.4 is 5.32 Å². The fourth-order valence-corrected chi connectivity index (χ4v) is 3.51. The lowest BCUT2D eigenvalue weighted by molar-refractivity contribution is 0.179. The molecule has 15 heavy (non-hydrogen) atoms. The van der Waals surface area contributed by atoms with Crippen molar-refractivity contribution in [1.82, 2.24) is 5.32 Å². The van der Waals surface area contributed by atoms with Crippen molar-refractivity contribution in [3.8, 4) is 0 Å². The van der Waals surface area contributed by atoms with E-state index in [1.54, 1.807) is 0 Å². The summed E-state index contributed by atoms with van der Waals surface area (Å²) in [4.78, 5) is 0. The van der Waals surface area contributed by atoms with Gasteiger partial charge in [-0.3, -0.25) is 0 Å². The Morgan fingerprint density at radius 2 is 2.00 bits per heavy atom. The minimum atomic E-state index is 0.750. The van der Waals surface area contributed by atoms with Crippen molar-refractivity contribution in [2.45, 2.75) is 46.1 Å². The van der Waals surface area contributed by atoms with Crippen LogP contribution in [-0.2, 0) is 0 Å². The van der Waals surface area contributed by atoms with Crippen molar-refractivity contribution in [3.05, 3.63) is 0 Å². The lowest BCUT2D eigenvalue weighted by atomic mass is 9.73. The molecule has 1 fully saturated rings. The van der Waals surface area contributed by atoms with Gasteiger partial charge in [0, 0.05) is 11.8 Å². The quantitative estimate of drug-likeness (QED) is 0.775. The lowest BCUT2D eigenvalue weighted by Gasteiger charge is -2.37. The van der Waals surface area contributed by atoms with Crippen molar-refractivity contribution in [2.24, 2.45) is 17.8 Å². The molecule has 0 radical (unpaired) electrons. The van der Waals surface area contributed by atoms with E-state index < -0.39 is 0 Å². The molecule has 0 aliphatic heterocycles. The maximum atomic E-state index is 3.67. The molecule has 2 heteroatoms. The Bertz CT molecular complexity index is 166. The fourth-order valence-electron chi connectivity index (χ4n) is 2.76. The lowest BCUT2D eigenvalue weighted by Crippen LogP contribution is -2.41. The molecule has 0 aromatic heterocycles. The molecule has 0 aromatic carbocycles. The molecule has 1 aliphatic rings. The highest BCUT2D eigenvalue weighted by molar-refractivity contribution is 7.98. The van der Waals surface area contributed by atoms with E-state index in [1.165, 1.54) is 25.0 Å². The van der Waals surface area contributed by atoms with Crippen LogP contribution in [0.3, 0.4) is 0 Å². The third kappa shape index (κ3) is 3.99. The molecular formula is C13H27NS. The number of thioether (sulfide) groups is 1. The SMILES string of the molecule is CCNC(CSC)C1CCC(C)C(C)C1. The summed E-state index contributed by atoms with van der Waals surface area (Å²) in [5, 5.41) is 3.67. The first-order valence-electron chi connectivity index (χ1n) is 6.41. The number of nitrogens with one attached hydrogen (secondary N) is 1. The predicted octanol–water partition coefficient (Wildman–Crippen LogP) is 3.40. The Morgan fingerprint density at radius 1 is 1.27 bits per heavy atom. The van der Waals surface area contributed by atoms with Gasteiger partial charge < -0.3 is 5.32 Å². The maximum absolute atomic E-state index is 3.67. The summed E-state index contributed by atoms with van der Waals surface area (Å²) in [5.74, 6) is 4.06. The Morgan fingerprint density at radius 3 is 2.53 bits per heavy atom. The standard InChI is InChI=1S/C13H27NS/c1-5-14-13(9-15-4)12-7-6-10(2)11(3)8-12/h10-14H,5-9H2,1-4H3. The van der Waals surface area contributed by atoms with Gasteiger partial charge in [-0.25, -0.2) is 0 Å². The zero-order valence-corrected chi connectivity index (χ0v) is 11.6. The van der Waals surface area contributed by atoms with Crippen molar-refractivity contribution in [1.29, 1.82) is 0 Å². The first kappa shape index (κ1) is 13.4. The molecule has 4 atom stereocenters. The Hall–Kier alpha value is 0.310. The first-order valence-corrected chi connectivity index (χ1v) is 7.80. The van der Waals surface area contributed by atoms with Crippen LogP contribution in [0.5, 0.6) is 0 Å². The molecule has 4 unspecified atom stereocenters. The summed E-state index contributed by atoms with van der Waals surface area (Å²) in [5.41, 5.74) is 0. The van der Waals surface area contributed by atoms with Crippen LogP contribution in [0.2, 0.25) is 0 Å². The molecule has 90 valence electrons. The normalized spacial score (nSPS) is 34.0. The average molecular weight is 229 g/mol. The monoisotopic (exact) mass is 229 g/mol. The first-order chi connectivity index (χ1) is 7.19. The van der Waals surface area contributed by atoms with Gasteiger partial charge >= 0.3 is 0 Å². The summed E-state index contributed by atoms with van der Waals surface area (Å²) in [6.07, 6.45) is 6.52. The molecule has 1 aliphatic carbocycles. The van der Waals surface area contributed by atoms with Crippen LogP contribution in [0, 0.1) is 17.8 Å². The van der Waals surface area contributed by atoms with E-state index >= 15 is 0 Å². The van der Waals surface area contributed by atoms with Gasteiger partial charge in [-0.05, 0) is 43.4 Å². The molecule has 1 saturated carbocycles. The highest BCUT2D eigenvalue weighted by Gasteiger charge is 2.29. The van der Waals surface area contributed by atoms with Crippen LogP contribution in [0.4, 0.5) is 0 Å². The Labute approximate surface area is 99.8 Å². The van der Waals surface area contributed by atoms with Crippen LogP contribution in [0.1, 0.15) is 40.0 Å². The van der Waals surface area contributed by atoms with E-state index in [1.807, 2.05) is 11.8 Å². The van der Waals surface area contributed by atoms with E-state index in [-0.39, 0.29) is 0 Å². The van der Waals surface area contributed by atoms with Crippen molar-refractivity contribution in [3.63, 3.8) is 0 Å². The second-order valence-corrected chi connectivity index (χ2v) is 6.06. The van der Waals surface area contributed by atoms with Gasteiger partial charge in [-0.15, -0.1) is 0 Å². The van der Waals surface area contributed by atoms with Gasteiger partial charge in [-0.2, -0.15) is 11.8 Å². The number of hydrogen-bond acceptors (Lipinski definition) is 2. The minimum absolute atomic E-state index is 0.750. The van der Waals surface area contributed by atoms with Crippen molar-refractivity contribution < 1.29 is 0 Å². The number of hydrogen-bond donors (Lipinski definition) is 1. The van der Waals surface area contributed by atoms with Gasteiger partial charge in [0.15, 0.2) is 0 Å². The zero-order chi connectivity index (χ0) is 11.3. The smallest absolute Gasteiger partial charge is 0.0186 e. The zero-order valence-electron chi connectivity index (χ0n) is 10.8. The minimum Gasteiger partial charge on any atom is -0.313 e. The molecule has 0 heterocycles. The molecule has 0 saturated heterocycles. The molecule has 0 spiro atoms. The van der Waals surface area contributed by atoms with Gasteiger partial charge in [0.25, 0.3) is 0 Å². The summed E-state index contributed by atoms with van der Waals surface area (Å²) >= 11 is 1.98. The third-order valence-electron chi connectivity index (χ3n) is 4.02. The highest BCUT2D eigenvalue weighted by Crippen LogP contribution is 2.35. The van der Waals surface area contributed by atoms with Crippen molar-refractivity contribution in [2.75, 3.05) is 18.6 Å². The summed E-state index contributed by atoms with van der Waals surface area (Å²) in [6.45, 7) is 8.19. The van der Waals surface area contributed by atoms with Crippen LogP contribution in [-0.4, -0.2) is 24.6 Å². The average Bonchev–Trinajstić information content (AvgIpc) is 2.22. The van der Waals surface area contributed by atoms with E-state index in [0.29, 0.717) is 0 Å². The van der Waals surface area contributed by atoms with Gasteiger partial charge in [0.2, 0.25) is 0 Å². The molecular weight excluding hydrogens is 202 g/mol. The molecule has 1 nitrogen and oxygen atoms in total. The summed E-state index contributed by atoms with van der Waals surface area (Å²) in [6, 6.07) is 0.750. The summed E-state index contributed by atoms with van der Waals surface area (Å²) < 4.78 is 0. The third-order valence-corrected chi connectivity index (χ3v) is 4.71. The molecule has 1 N–H and O–H groups in total. The fraction of sp³-hybridized carbons (Fsp3) is 1.00. The highest BCUT2D eigenvalue weighted by atomic mass is 32.2. The Balaban J connectivity index is 2.45. The molecule has 0 amide bonds. The van der Waals surface area contributed by atoms with E-state index in [0.717, 1.165) is 30.3 Å². The predicted molar refractivity (Wildman–Crippen MR) is 71.5 cm³/mol. The topological polar surface area (TPSA) is 12.0 Å². The van der Waals surface area contributed by atoms with Gasteiger partial charge in [0.1, 0.15) is 0 Å². The van der Waals surface area contributed by atoms with Crippen LogP contribution in [0.15, 0.2) is 0 Å². The van der Waals surface area contributed by atoms with Crippen LogP contribution in [0.25, 0.3) is 0 Å². The van der Waals surface area contributed by atoms with Crippen molar-refractivity contribution >= 4 is 11.8 Å². The maximum Gasteiger partial charge on any atom is 0.0186 e. The second kappa shape index (κ2) is 6.80. The van der Waals surface area contributed by atoms with Gasteiger partial charge in [-0.1, -0.05) is 27.2 Å². The largest absolute Gasteiger partial charge is 0.313 e. The number of rotatable bonds is 5. The van der Waals surface area contributed by atoms with Gasteiger partial charge in [0.05, 0.1) is 0 Å². The second-order valence-electron chi connectivity index (χ2n) is 5.15. The molecule has 0 aromatic rings. The van der Waals surface area contributed by atoms with Crippen LogP contribution >= 0.6 is 11.8 Å². The molecule has 1 rings (SSSR count). The van der Waals surface area contributed by atoms with E-state index in [2.05, 4.69) is 32.3 Å². The van der Waals surface area contributed by atoms with E-state index in [9.17, 15) is 0 Å². The van der Waals surface area contributed by atoms with E-state index in [4.69, 9.17) is 0 Å². The molecule has 0 bridgehead atoms.